The Bertz CT molecular complexity index is 2680. The molecule has 214 valence electrons. The molecule has 1 aliphatic rings. The highest BCUT2D eigenvalue weighted by molar-refractivity contribution is 6.15. The number of ether oxygens (including phenoxy) is 1. The quantitative estimate of drug-likeness (QED) is 0.201. The number of rotatable bonds is 3. The van der Waals surface area contributed by atoms with Gasteiger partial charge in [0.25, 0.3) is 0 Å². The maximum absolute atomic E-state index is 6.43. The van der Waals surface area contributed by atoms with Crippen molar-refractivity contribution in [3.8, 4) is 50.6 Å². The summed E-state index contributed by atoms with van der Waals surface area (Å²) in [5.41, 5.74) is 10.7. The van der Waals surface area contributed by atoms with Gasteiger partial charge in [-0.1, -0.05) is 127 Å². The first-order valence-corrected chi connectivity index (χ1v) is 15.8. The van der Waals surface area contributed by atoms with E-state index >= 15 is 0 Å². The summed E-state index contributed by atoms with van der Waals surface area (Å²) in [6.45, 7) is 0. The van der Waals surface area contributed by atoms with Crippen molar-refractivity contribution >= 4 is 43.4 Å². The minimum Gasteiger partial charge on any atom is -0.456 e. The second kappa shape index (κ2) is 9.69. The van der Waals surface area contributed by atoms with E-state index in [1.807, 2.05) is 6.07 Å². The van der Waals surface area contributed by atoms with E-state index < -0.39 is 0 Å². The van der Waals surface area contributed by atoms with Gasteiger partial charge in [0, 0.05) is 27.3 Å². The molecule has 0 radical (unpaired) electrons. The lowest BCUT2D eigenvalue weighted by Gasteiger charge is -2.23. The first kappa shape index (κ1) is 25.2. The van der Waals surface area contributed by atoms with Crippen LogP contribution in [0.2, 0.25) is 0 Å². The van der Waals surface area contributed by atoms with E-state index in [0.29, 0.717) is 0 Å². The van der Waals surface area contributed by atoms with Crippen LogP contribution < -0.4 is 4.74 Å². The van der Waals surface area contributed by atoms with Crippen molar-refractivity contribution in [3.63, 3.8) is 0 Å². The van der Waals surface area contributed by atoms with Crippen molar-refractivity contribution in [2.75, 3.05) is 0 Å². The van der Waals surface area contributed by atoms with Gasteiger partial charge in [0.05, 0.1) is 16.7 Å². The lowest BCUT2D eigenvalue weighted by Crippen LogP contribution is -1.99. The second-order valence-corrected chi connectivity index (χ2v) is 12.1. The molecule has 0 atom stereocenters. The normalized spacial score (nSPS) is 12.1. The SMILES string of the molecule is c1ccc2c(c1)Oc1ccc(-c3ccccc3-c3ccccc3-n3c4ccccc4c4cc5ccccc5cc43)c3cccc-2c13. The van der Waals surface area contributed by atoms with Gasteiger partial charge in [0.1, 0.15) is 11.5 Å². The summed E-state index contributed by atoms with van der Waals surface area (Å²) < 4.78 is 8.88. The molecular formula is C44H27NO. The fourth-order valence-electron chi connectivity index (χ4n) is 7.58. The van der Waals surface area contributed by atoms with Crippen molar-refractivity contribution in [3.05, 3.63) is 164 Å². The Morgan fingerprint density at radius 1 is 0.348 bits per heavy atom. The molecule has 0 saturated carbocycles. The smallest absolute Gasteiger partial charge is 0.135 e. The molecule has 0 saturated heterocycles. The van der Waals surface area contributed by atoms with Crippen LogP contribution in [0.5, 0.6) is 11.5 Å². The Morgan fingerprint density at radius 3 is 1.85 bits per heavy atom. The first-order chi connectivity index (χ1) is 22.8. The predicted molar refractivity (Wildman–Crippen MR) is 192 cm³/mol. The fourth-order valence-corrected chi connectivity index (χ4v) is 7.58. The minimum atomic E-state index is 0.906. The summed E-state index contributed by atoms with van der Waals surface area (Å²) in [7, 11) is 0. The van der Waals surface area contributed by atoms with Crippen LogP contribution in [0.1, 0.15) is 0 Å². The zero-order valence-corrected chi connectivity index (χ0v) is 24.9. The van der Waals surface area contributed by atoms with Crippen molar-refractivity contribution in [1.82, 2.24) is 4.57 Å². The third kappa shape index (κ3) is 3.59. The van der Waals surface area contributed by atoms with E-state index in [0.717, 1.165) is 28.1 Å². The van der Waals surface area contributed by atoms with Gasteiger partial charge in [-0.2, -0.15) is 0 Å². The van der Waals surface area contributed by atoms with Crippen LogP contribution in [-0.2, 0) is 0 Å². The largest absolute Gasteiger partial charge is 0.456 e. The summed E-state index contributed by atoms with van der Waals surface area (Å²) in [4.78, 5) is 0. The molecule has 8 aromatic carbocycles. The van der Waals surface area contributed by atoms with Crippen LogP contribution in [-0.4, -0.2) is 4.57 Å². The van der Waals surface area contributed by atoms with Gasteiger partial charge in [0.15, 0.2) is 0 Å². The van der Waals surface area contributed by atoms with Crippen molar-refractivity contribution in [2.24, 2.45) is 0 Å². The minimum absolute atomic E-state index is 0.906. The Balaban J connectivity index is 1.24. The summed E-state index contributed by atoms with van der Waals surface area (Å²) in [6, 6.07) is 59.1. The molecular weight excluding hydrogens is 558 g/mol. The number of benzene rings is 8. The Hall–Kier alpha value is -6.12. The number of aromatic nitrogens is 1. The molecule has 0 N–H and O–H groups in total. The molecule has 1 aromatic heterocycles. The molecule has 0 spiro atoms. The van der Waals surface area contributed by atoms with E-state index in [2.05, 4.69) is 162 Å². The molecule has 0 aliphatic carbocycles. The second-order valence-electron chi connectivity index (χ2n) is 12.1. The highest BCUT2D eigenvalue weighted by Gasteiger charge is 2.23. The van der Waals surface area contributed by atoms with E-state index in [4.69, 9.17) is 4.74 Å². The van der Waals surface area contributed by atoms with Gasteiger partial charge < -0.3 is 9.30 Å². The molecule has 2 nitrogen and oxygen atoms in total. The number of hydrogen-bond donors (Lipinski definition) is 0. The van der Waals surface area contributed by atoms with Gasteiger partial charge in [0.2, 0.25) is 0 Å². The maximum atomic E-state index is 6.43. The van der Waals surface area contributed by atoms with Gasteiger partial charge in [-0.05, 0) is 74.8 Å². The number of nitrogens with zero attached hydrogens (tertiary/aromatic N) is 1. The van der Waals surface area contributed by atoms with Gasteiger partial charge in [-0.3, -0.25) is 0 Å². The van der Waals surface area contributed by atoms with Crippen LogP contribution in [0.15, 0.2) is 164 Å². The first-order valence-electron chi connectivity index (χ1n) is 15.8. The van der Waals surface area contributed by atoms with Gasteiger partial charge in [-0.25, -0.2) is 0 Å². The van der Waals surface area contributed by atoms with Crippen LogP contribution in [0, 0.1) is 0 Å². The van der Waals surface area contributed by atoms with E-state index in [1.165, 1.54) is 65.8 Å². The summed E-state index contributed by atoms with van der Waals surface area (Å²) in [5.74, 6) is 1.81. The zero-order chi connectivity index (χ0) is 30.2. The van der Waals surface area contributed by atoms with Gasteiger partial charge >= 0.3 is 0 Å². The van der Waals surface area contributed by atoms with Crippen molar-refractivity contribution < 1.29 is 4.74 Å². The Labute approximate surface area is 266 Å². The molecule has 2 heteroatoms. The molecule has 0 unspecified atom stereocenters. The third-order valence-electron chi connectivity index (χ3n) is 9.59. The molecule has 10 rings (SSSR count). The predicted octanol–water partition coefficient (Wildman–Crippen LogP) is 12.2. The standard InChI is InChI=1S/C44H27NO/c1-2-13-29-27-41-38(26-28(29)12-1)34-17-6-9-22-40(34)45(41)39-21-8-5-16-33(39)31-15-4-3-14-30(31)32-24-25-43-44-36(32)19-11-20-37(44)35-18-7-10-23-42(35)46-43/h1-27H. The summed E-state index contributed by atoms with van der Waals surface area (Å²) >= 11 is 0. The Kier molecular flexibility index (Phi) is 5.31. The number of para-hydroxylation sites is 3. The molecule has 0 bridgehead atoms. The molecule has 2 heterocycles. The van der Waals surface area contributed by atoms with E-state index in [9.17, 15) is 0 Å². The maximum Gasteiger partial charge on any atom is 0.135 e. The molecule has 0 fully saturated rings. The zero-order valence-electron chi connectivity index (χ0n) is 24.9. The average Bonchev–Trinajstić information content (AvgIpc) is 3.44. The molecule has 0 amide bonds. The van der Waals surface area contributed by atoms with E-state index in [-0.39, 0.29) is 0 Å². The lowest BCUT2D eigenvalue weighted by atomic mass is 9.87. The topological polar surface area (TPSA) is 14.2 Å². The molecule has 46 heavy (non-hydrogen) atoms. The molecule has 9 aromatic rings. The summed E-state index contributed by atoms with van der Waals surface area (Å²) in [6.07, 6.45) is 0. The summed E-state index contributed by atoms with van der Waals surface area (Å²) in [5, 5.41) is 7.38. The highest BCUT2D eigenvalue weighted by Crippen LogP contribution is 2.49. The highest BCUT2D eigenvalue weighted by atomic mass is 16.5. The van der Waals surface area contributed by atoms with Crippen LogP contribution >= 0.6 is 0 Å². The monoisotopic (exact) mass is 585 g/mol. The van der Waals surface area contributed by atoms with Crippen molar-refractivity contribution in [2.45, 2.75) is 0 Å². The third-order valence-corrected chi connectivity index (χ3v) is 9.59. The lowest BCUT2D eigenvalue weighted by molar-refractivity contribution is 0.487. The van der Waals surface area contributed by atoms with Crippen molar-refractivity contribution in [1.29, 1.82) is 0 Å². The van der Waals surface area contributed by atoms with Gasteiger partial charge in [-0.15, -0.1) is 0 Å². The molecule has 1 aliphatic heterocycles. The fraction of sp³-hybridized carbons (Fsp3) is 0. The number of fused-ring (bicyclic) bond motifs is 6. The Morgan fingerprint density at radius 2 is 0.978 bits per heavy atom. The van der Waals surface area contributed by atoms with Crippen LogP contribution in [0.3, 0.4) is 0 Å². The van der Waals surface area contributed by atoms with Crippen LogP contribution in [0.4, 0.5) is 0 Å². The number of hydrogen-bond acceptors (Lipinski definition) is 1. The van der Waals surface area contributed by atoms with E-state index in [1.54, 1.807) is 0 Å². The van der Waals surface area contributed by atoms with Crippen LogP contribution in [0.25, 0.3) is 82.4 Å². The average molecular weight is 586 g/mol.